The minimum absolute atomic E-state index is 0.0600. The summed E-state index contributed by atoms with van der Waals surface area (Å²) in [7, 11) is 0. The SMILES string of the molecule is C1=CCCC=C1.CC.CC1OCC(c2ccccc2)O1. The lowest BCUT2D eigenvalue weighted by atomic mass is 10.1. The summed E-state index contributed by atoms with van der Waals surface area (Å²) in [5.74, 6) is 0. The van der Waals surface area contributed by atoms with Crippen molar-refractivity contribution in [1.82, 2.24) is 0 Å². The molecule has 0 radical (unpaired) electrons. The Morgan fingerprint density at radius 3 is 1.95 bits per heavy atom. The minimum atomic E-state index is -0.0600. The molecule has 1 aromatic carbocycles. The van der Waals surface area contributed by atoms with Gasteiger partial charge in [0.05, 0.1) is 6.61 Å². The van der Waals surface area contributed by atoms with E-state index in [0.717, 1.165) is 0 Å². The van der Waals surface area contributed by atoms with E-state index in [9.17, 15) is 0 Å². The summed E-state index contributed by atoms with van der Waals surface area (Å²) in [6, 6.07) is 10.2. The fourth-order valence-electron chi connectivity index (χ4n) is 1.92. The van der Waals surface area contributed by atoms with Crippen molar-refractivity contribution < 1.29 is 9.47 Å². The molecule has 0 spiro atoms. The molecule has 3 rings (SSSR count). The van der Waals surface area contributed by atoms with Gasteiger partial charge in [-0.05, 0) is 25.3 Å². The van der Waals surface area contributed by atoms with Crippen LogP contribution in [0.1, 0.15) is 45.3 Å². The summed E-state index contributed by atoms with van der Waals surface area (Å²) in [6.07, 6.45) is 11.1. The van der Waals surface area contributed by atoms with E-state index in [2.05, 4.69) is 36.4 Å². The van der Waals surface area contributed by atoms with Gasteiger partial charge in [0.2, 0.25) is 0 Å². The highest BCUT2D eigenvalue weighted by molar-refractivity contribution is 5.18. The lowest BCUT2D eigenvalue weighted by molar-refractivity contribution is -0.0426. The predicted octanol–water partition coefficient (Wildman–Crippen LogP) is 5.04. The van der Waals surface area contributed by atoms with Crippen molar-refractivity contribution in [3.8, 4) is 0 Å². The van der Waals surface area contributed by atoms with Crippen LogP contribution in [0.3, 0.4) is 0 Å². The van der Waals surface area contributed by atoms with Crippen molar-refractivity contribution in [2.45, 2.75) is 46.0 Å². The Kier molecular flexibility index (Phi) is 8.68. The summed E-state index contributed by atoms with van der Waals surface area (Å²) in [4.78, 5) is 0. The second-order valence-electron chi connectivity index (χ2n) is 4.37. The van der Waals surface area contributed by atoms with Crippen LogP contribution in [-0.4, -0.2) is 12.9 Å². The topological polar surface area (TPSA) is 18.5 Å². The normalized spacial score (nSPS) is 23.4. The number of benzene rings is 1. The molecule has 1 fully saturated rings. The molecule has 1 aliphatic heterocycles. The molecule has 0 amide bonds. The fourth-order valence-corrected chi connectivity index (χ4v) is 1.92. The third-order valence-electron chi connectivity index (χ3n) is 2.89. The zero-order chi connectivity index (χ0) is 14.6. The first kappa shape index (κ1) is 16.7. The molecular weight excluding hydrogens is 248 g/mol. The Balaban J connectivity index is 0.000000211. The van der Waals surface area contributed by atoms with E-state index in [4.69, 9.17) is 9.47 Å². The Morgan fingerprint density at radius 1 is 0.950 bits per heavy atom. The van der Waals surface area contributed by atoms with Crippen molar-refractivity contribution in [2.75, 3.05) is 6.61 Å². The van der Waals surface area contributed by atoms with Gasteiger partial charge in [-0.25, -0.2) is 0 Å². The summed E-state index contributed by atoms with van der Waals surface area (Å²) in [6.45, 7) is 6.59. The zero-order valence-corrected chi connectivity index (χ0v) is 12.8. The quantitative estimate of drug-likeness (QED) is 0.714. The molecule has 2 atom stereocenters. The lowest BCUT2D eigenvalue weighted by Crippen LogP contribution is -2.01. The number of ether oxygens (including phenoxy) is 2. The predicted molar refractivity (Wildman–Crippen MR) is 84.5 cm³/mol. The van der Waals surface area contributed by atoms with Gasteiger partial charge in [-0.1, -0.05) is 68.5 Å². The van der Waals surface area contributed by atoms with Crippen LogP contribution in [0.25, 0.3) is 0 Å². The van der Waals surface area contributed by atoms with Gasteiger partial charge in [-0.2, -0.15) is 0 Å². The highest BCUT2D eigenvalue weighted by Crippen LogP contribution is 2.25. The van der Waals surface area contributed by atoms with Gasteiger partial charge in [0, 0.05) is 0 Å². The lowest BCUT2D eigenvalue weighted by Gasteiger charge is -2.07. The van der Waals surface area contributed by atoms with E-state index in [1.54, 1.807) is 0 Å². The number of rotatable bonds is 1. The average Bonchev–Trinajstić information content (AvgIpc) is 2.99. The first-order valence-corrected chi connectivity index (χ1v) is 7.50. The number of hydrogen-bond donors (Lipinski definition) is 0. The maximum atomic E-state index is 5.53. The van der Waals surface area contributed by atoms with E-state index in [0.29, 0.717) is 6.61 Å². The van der Waals surface area contributed by atoms with E-state index in [1.165, 1.54) is 18.4 Å². The summed E-state index contributed by atoms with van der Waals surface area (Å²) in [5, 5.41) is 0. The van der Waals surface area contributed by atoms with Gasteiger partial charge in [-0.3, -0.25) is 0 Å². The van der Waals surface area contributed by atoms with Crippen molar-refractivity contribution in [3.63, 3.8) is 0 Å². The van der Waals surface area contributed by atoms with Crippen LogP contribution in [0.2, 0.25) is 0 Å². The molecule has 2 nitrogen and oxygen atoms in total. The van der Waals surface area contributed by atoms with Crippen molar-refractivity contribution >= 4 is 0 Å². The first-order valence-electron chi connectivity index (χ1n) is 7.50. The molecule has 1 saturated heterocycles. The molecule has 0 N–H and O–H groups in total. The van der Waals surface area contributed by atoms with Gasteiger partial charge < -0.3 is 9.47 Å². The molecule has 0 bridgehead atoms. The third kappa shape index (κ3) is 6.18. The van der Waals surface area contributed by atoms with Gasteiger partial charge in [-0.15, -0.1) is 0 Å². The zero-order valence-electron chi connectivity index (χ0n) is 12.8. The minimum Gasteiger partial charge on any atom is -0.350 e. The fraction of sp³-hybridized carbons (Fsp3) is 0.444. The highest BCUT2D eigenvalue weighted by Gasteiger charge is 2.23. The van der Waals surface area contributed by atoms with Crippen molar-refractivity contribution in [2.24, 2.45) is 0 Å². The van der Waals surface area contributed by atoms with E-state index < -0.39 is 0 Å². The third-order valence-corrected chi connectivity index (χ3v) is 2.89. The molecule has 1 aromatic rings. The smallest absolute Gasteiger partial charge is 0.155 e. The molecule has 1 aliphatic carbocycles. The molecular formula is C18H26O2. The van der Waals surface area contributed by atoms with E-state index in [1.807, 2.05) is 39.0 Å². The number of allylic oxidation sites excluding steroid dienone is 4. The Bertz CT molecular complexity index is 383. The monoisotopic (exact) mass is 274 g/mol. The Labute approximate surface area is 123 Å². The maximum Gasteiger partial charge on any atom is 0.155 e. The van der Waals surface area contributed by atoms with Crippen LogP contribution in [0.15, 0.2) is 54.6 Å². The van der Waals surface area contributed by atoms with Crippen molar-refractivity contribution in [1.29, 1.82) is 0 Å². The molecule has 110 valence electrons. The molecule has 2 aliphatic rings. The van der Waals surface area contributed by atoms with Crippen LogP contribution in [-0.2, 0) is 9.47 Å². The first-order chi connectivity index (χ1) is 9.86. The second kappa shape index (κ2) is 10.4. The maximum absolute atomic E-state index is 5.53. The molecule has 0 saturated carbocycles. The summed E-state index contributed by atoms with van der Waals surface area (Å²) < 4.78 is 10.8. The molecule has 2 heteroatoms. The van der Waals surface area contributed by atoms with Gasteiger partial charge in [0.25, 0.3) is 0 Å². The Morgan fingerprint density at radius 2 is 1.55 bits per heavy atom. The second-order valence-corrected chi connectivity index (χ2v) is 4.37. The van der Waals surface area contributed by atoms with Crippen LogP contribution in [0.4, 0.5) is 0 Å². The van der Waals surface area contributed by atoms with Crippen LogP contribution < -0.4 is 0 Å². The average molecular weight is 274 g/mol. The molecule has 2 unspecified atom stereocenters. The molecule has 1 heterocycles. The molecule has 20 heavy (non-hydrogen) atoms. The van der Waals surface area contributed by atoms with Crippen LogP contribution in [0, 0.1) is 0 Å². The standard InChI is InChI=1S/C10H12O2.C6H8.C2H6/c1-8-11-7-10(12-8)9-5-3-2-4-6-9;1-2-4-6-5-3-1;1-2/h2-6,8,10H,7H2,1H3;1-4H,5-6H2;1-2H3. The van der Waals surface area contributed by atoms with E-state index >= 15 is 0 Å². The van der Waals surface area contributed by atoms with Gasteiger partial charge in [0.1, 0.15) is 6.10 Å². The number of hydrogen-bond acceptors (Lipinski definition) is 2. The Hall–Kier alpha value is -1.38. The van der Waals surface area contributed by atoms with Crippen molar-refractivity contribution in [3.05, 3.63) is 60.2 Å². The van der Waals surface area contributed by atoms with Crippen LogP contribution >= 0.6 is 0 Å². The van der Waals surface area contributed by atoms with Crippen LogP contribution in [0.5, 0.6) is 0 Å². The molecule has 0 aromatic heterocycles. The largest absolute Gasteiger partial charge is 0.350 e. The van der Waals surface area contributed by atoms with Gasteiger partial charge >= 0.3 is 0 Å². The van der Waals surface area contributed by atoms with E-state index in [-0.39, 0.29) is 12.4 Å². The summed E-state index contributed by atoms with van der Waals surface area (Å²) >= 11 is 0. The van der Waals surface area contributed by atoms with Gasteiger partial charge in [0.15, 0.2) is 6.29 Å². The highest BCUT2D eigenvalue weighted by atomic mass is 16.7. The summed E-state index contributed by atoms with van der Waals surface area (Å²) in [5.41, 5.74) is 1.20.